The van der Waals surface area contributed by atoms with Gasteiger partial charge in [0.15, 0.2) is 11.2 Å². The van der Waals surface area contributed by atoms with E-state index in [9.17, 15) is 9.59 Å². The maximum Gasteiger partial charge on any atom is 0.419 e. The molecule has 1 saturated heterocycles. The number of aromatic nitrogens is 1. The predicted molar refractivity (Wildman–Crippen MR) is 81.2 cm³/mol. The van der Waals surface area contributed by atoms with Crippen LogP contribution in [0.15, 0.2) is 38.7 Å². The summed E-state index contributed by atoms with van der Waals surface area (Å²) >= 11 is 0. The van der Waals surface area contributed by atoms with Crippen molar-refractivity contribution in [3.05, 3.63) is 45.6 Å². The summed E-state index contributed by atoms with van der Waals surface area (Å²) in [4.78, 5) is 23.1. The van der Waals surface area contributed by atoms with E-state index in [1.165, 1.54) is 11.7 Å². The second-order valence-electron chi connectivity index (χ2n) is 5.35. The molecule has 0 amide bonds. The Morgan fingerprint density at radius 1 is 1.52 bits per heavy atom. The molecule has 3 rings (SSSR count). The third-order valence-corrected chi connectivity index (χ3v) is 4.05. The van der Waals surface area contributed by atoms with Crippen LogP contribution in [-0.4, -0.2) is 17.6 Å². The molecule has 2 aromatic rings. The van der Waals surface area contributed by atoms with Crippen LogP contribution in [0.25, 0.3) is 11.1 Å². The summed E-state index contributed by atoms with van der Waals surface area (Å²) in [7, 11) is 2.90. The molecule has 0 saturated carbocycles. The van der Waals surface area contributed by atoms with E-state index in [-0.39, 0.29) is 11.6 Å². The van der Waals surface area contributed by atoms with Gasteiger partial charge in [0.2, 0.25) is 0 Å². The smallest absolute Gasteiger partial charge is 0.419 e. The Hall–Kier alpha value is -3.01. The van der Waals surface area contributed by atoms with Crippen LogP contribution in [0.1, 0.15) is 24.4 Å². The molecule has 1 aromatic heterocycles. The molecule has 1 N–H and O–H groups in total. The molecule has 2 heterocycles. The number of nitrogens with zero attached hydrogens (tertiary/aromatic N) is 2. The summed E-state index contributed by atoms with van der Waals surface area (Å²) in [5.41, 5.74) is 2.76. The number of rotatable bonds is 2. The molecule has 1 aromatic carbocycles. The largest absolute Gasteiger partial charge is 0.465 e. The molecule has 1 aliphatic rings. The van der Waals surface area contributed by atoms with Gasteiger partial charge in [0.05, 0.1) is 18.7 Å². The highest BCUT2D eigenvalue weighted by Gasteiger charge is 2.26. The number of carbonyl (C=O) groups is 1. The van der Waals surface area contributed by atoms with Gasteiger partial charge in [-0.15, -0.1) is 0 Å². The van der Waals surface area contributed by atoms with Crippen molar-refractivity contribution in [2.75, 3.05) is 7.11 Å². The normalized spacial score (nSPS) is 19.3. The van der Waals surface area contributed by atoms with Gasteiger partial charge in [-0.1, -0.05) is 6.07 Å². The van der Waals surface area contributed by atoms with Gasteiger partial charge in [0, 0.05) is 12.7 Å². The standard InChI is InChI=1S/C16H15N3O4/c1-19-13-6-3-9(7-14(13)23-16(19)21)11-4-5-12(18-11)10(8-17)15(20)22-2/h3,6-7,11,18H,4-5H2,1-2H3/b12-10-. The first-order chi connectivity index (χ1) is 11.0. The summed E-state index contributed by atoms with van der Waals surface area (Å²) in [6.07, 6.45) is 1.32. The van der Waals surface area contributed by atoms with Gasteiger partial charge < -0.3 is 14.5 Å². The highest BCUT2D eigenvalue weighted by Crippen LogP contribution is 2.31. The minimum absolute atomic E-state index is 0.00215. The van der Waals surface area contributed by atoms with Gasteiger partial charge in [-0.2, -0.15) is 5.26 Å². The first-order valence-electron chi connectivity index (χ1n) is 7.12. The lowest BCUT2D eigenvalue weighted by atomic mass is 10.0. The quantitative estimate of drug-likeness (QED) is 0.513. The second kappa shape index (κ2) is 5.65. The van der Waals surface area contributed by atoms with Gasteiger partial charge >= 0.3 is 11.7 Å². The average molecular weight is 313 g/mol. The van der Waals surface area contributed by atoms with E-state index < -0.39 is 11.7 Å². The molecule has 118 valence electrons. The molecule has 0 radical (unpaired) electrons. The summed E-state index contributed by atoms with van der Waals surface area (Å²) in [5.74, 6) is -1.05. The number of ether oxygens (including phenoxy) is 1. The van der Waals surface area contributed by atoms with Crippen molar-refractivity contribution < 1.29 is 13.9 Å². The van der Waals surface area contributed by atoms with E-state index in [1.54, 1.807) is 7.05 Å². The SMILES string of the molecule is COC(=O)/C(C#N)=C1/CCC(c2ccc3c(c2)oc(=O)n3C)N1. The van der Waals surface area contributed by atoms with Crippen molar-refractivity contribution in [1.82, 2.24) is 9.88 Å². The third kappa shape index (κ3) is 2.48. The first kappa shape index (κ1) is 14.9. The molecule has 7 nitrogen and oxygen atoms in total. The maximum atomic E-state index is 11.6. The molecule has 1 atom stereocenters. The highest BCUT2D eigenvalue weighted by atomic mass is 16.5. The Bertz CT molecular complexity index is 914. The minimum Gasteiger partial charge on any atom is -0.465 e. The number of carbonyl (C=O) groups excluding carboxylic acids is 1. The fraction of sp³-hybridized carbons (Fsp3) is 0.312. The fourth-order valence-electron chi connectivity index (χ4n) is 2.80. The molecule has 0 aliphatic carbocycles. The number of fused-ring (bicyclic) bond motifs is 1. The van der Waals surface area contributed by atoms with E-state index in [1.807, 2.05) is 24.3 Å². The van der Waals surface area contributed by atoms with Crippen LogP contribution in [0.3, 0.4) is 0 Å². The van der Waals surface area contributed by atoms with Crippen LogP contribution in [0.2, 0.25) is 0 Å². The van der Waals surface area contributed by atoms with Gasteiger partial charge in [-0.25, -0.2) is 9.59 Å². The van der Waals surface area contributed by atoms with Crippen LogP contribution in [0.5, 0.6) is 0 Å². The average Bonchev–Trinajstić information content (AvgIpc) is 3.14. The van der Waals surface area contributed by atoms with E-state index in [4.69, 9.17) is 9.68 Å². The monoisotopic (exact) mass is 313 g/mol. The molecule has 0 bridgehead atoms. The number of methoxy groups -OCH3 is 1. The number of oxazole rings is 1. The number of hydrogen-bond donors (Lipinski definition) is 1. The zero-order chi connectivity index (χ0) is 16.6. The lowest BCUT2D eigenvalue weighted by Gasteiger charge is -2.12. The number of nitrogens with one attached hydrogen (secondary N) is 1. The number of nitriles is 1. The van der Waals surface area contributed by atoms with Crippen molar-refractivity contribution in [3.63, 3.8) is 0 Å². The van der Waals surface area contributed by atoms with Gasteiger partial charge in [-0.3, -0.25) is 4.57 Å². The van der Waals surface area contributed by atoms with Crippen LogP contribution in [-0.2, 0) is 16.6 Å². The number of benzene rings is 1. The molecule has 1 aliphatic heterocycles. The van der Waals surface area contributed by atoms with Crippen LogP contribution in [0.4, 0.5) is 0 Å². The Morgan fingerprint density at radius 3 is 3.00 bits per heavy atom. The molecular formula is C16H15N3O4. The first-order valence-corrected chi connectivity index (χ1v) is 7.12. The predicted octanol–water partition coefficient (Wildman–Crippen LogP) is 1.51. The van der Waals surface area contributed by atoms with Crippen molar-refractivity contribution >= 4 is 17.1 Å². The van der Waals surface area contributed by atoms with Crippen LogP contribution in [0, 0.1) is 11.3 Å². The van der Waals surface area contributed by atoms with E-state index in [0.29, 0.717) is 17.7 Å². The lowest BCUT2D eigenvalue weighted by Crippen LogP contribution is -2.16. The molecule has 1 fully saturated rings. The Morgan fingerprint density at radius 2 is 2.30 bits per heavy atom. The molecule has 23 heavy (non-hydrogen) atoms. The minimum atomic E-state index is -0.639. The van der Waals surface area contributed by atoms with Gasteiger partial charge in [0.1, 0.15) is 6.07 Å². The van der Waals surface area contributed by atoms with Crippen molar-refractivity contribution in [3.8, 4) is 6.07 Å². The number of hydrogen-bond acceptors (Lipinski definition) is 6. The Labute approximate surface area is 131 Å². The summed E-state index contributed by atoms with van der Waals surface area (Å²) in [6.45, 7) is 0. The maximum absolute atomic E-state index is 11.6. The van der Waals surface area contributed by atoms with Crippen molar-refractivity contribution in [2.45, 2.75) is 18.9 Å². The zero-order valence-electron chi connectivity index (χ0n) is 12.8. The highest BCUT2D eigenvalue weighted by molar-refractivity contribution is 5.93. The number of allylic oxidation sites excluding steroid dienone is 1. The van der Waals surface area contributed by atoms with E-state index in [2.05, 4.69) is 10.1 Å². The summed E-state index contributed by atoms with van der Waals surface area (Å²) < 4.78 is 11.3. The van der Waals surface area contributed by atoms with Crippen molar-refractivity contribution in [1.29, 1.82) is 5.26 Å². The lowest BCUT2D eigenvalue weighted by molar-refractivity contribution is -0.135. The zero-order valence-corrected chi connectivity index (χ0v) is 12.8. The molecular weight excluding hydrogens is 298 g/mol. The summed E-state index contributed by atoms with van der Waals surface area (Å²) in [5, 5.41) is 12.3. The fourth-order valence-corrected chi connectivity index (χ4v) is 2.80. The topological polar surface area (TPSA) is 97.3 Å². The van der Waals surface area contributed by atoms with Crippen molar-refractivity contribution in [2.24, 2.45) is 7.05 Å². The number of aryl methyl sites for hydroxylation is 1. The molecule has 1 unspecified atom stereocenters. The second-order valence-corrected chi connectivity index (χ2v) is 5.35. The molecule has 7 heteroatoms. The third-order valence-electron chi connectivity index (χ3n) is 4.05. The van der Waals surface area contributed by atoms with Crippen LogP contribution >= 0.6 is 0 Å². The van der Waals surface area contributed by atoms with Crippen LogP contribution < -0.4 is 11.1 Å². The molecule has 0 spiro atoms. The summed E-state index contributed by atoms with van der Waals surface area (Å²) in [6, 6.07) is 7.37. The number of esters is 1. The van der Waals surface area contributed by atoms with E-state index >= 15 is 0 Å². The van der Waals surface area contributed by atoms with Gasteiger partial charge in [0.25, 0.3) is 0 Å². The van der Waals surface area contributed by atoms with E-state index in [0.717, 1.165) is 17.5 Å². The van der Waals surface area contributed by atoms with Gasteiger partial charge in [-0.05, 0) is 30.5 Å². The Kier molecular flexibility index (Phi) is 3.66. The Balaban J connectivity index is 1.93.